The van der Waals surface area contributed by atoms with Gasteiger partial charge < -0.3 is 14.1 Å². The Morgan fingerprint density at radius 2 is 2.00 bits per heavy atom. The molecule has 0 N–H and O–H groups in total. The van der Waals surface area contributed by atoms with E-state index < -0.39 is 0 Å². The average molecular weight is 426 g/mol. The van der Waals surface area contributed by atoms with Crippen molar-refractivity contribution in [3.05, 3.63) is 82.5 Å². The summed E-state index contributed by atoms with van der Waals surface area (Å²) in [6, 6.07) is 13.1. The quantitative estimate of drug-likeness (QED) is 0.593. The molecule has 1 aromatic carbocycles. The van der Waals surface area contributed by atoms with Crippen LogP contribution < -0.4 is 4.74 Å². The number of nitrogens with zero attached hydrogens (tertiary/aromatic N) is 3. The lowest BCUT2D eigenvalue weighted by atomic mass is 10.1. The molecule has 0 atom stereocenters. The standard InChI is InChI=1S/C23H24ClN3O3/c1-17-4-6-22(30-17)23(28)27-11-9-26(10-12-27)15-19-13-20(24)5-7-21(19)29-16-18-3-2-8-25-14-18/h2-8,13-14H,9-12,15-16H2,1H3. The molecular formula is C23H24ClN3O3. The lowest BCUT2D eigenvalue weighted by molar-refractivity contribution is 0.0595. The van der Waals surface area contributed by atoms with Gasteiger partial charge in [0.2, 0.25) is 0 Å². The van der Waals surface area contributed by atoms with Gasteiger partial charge in [0, 0.05) is 61.3 Å². The fourth-order valence-corrected chi connectivity index (χ4v) is 3.71. The number of carbonyl (C=O) groups excluding carboxylic acids is 1. The molecule has 0 unspecified atom stereocenters. The van der Waals surface area contributed by atoms with Crippen LogP contribution in [0.3, 0.4) is 0 Å². The van der Waals surface area contributed by atoms with Crippen molar-refractivity contribution in [1.82, 2.24) is 14.8 Å². The van der Waals surface area contributed by atoms with Gasteiger partial charge in [-0.05, 0) is 43.3 Å². The van der Waals surface area contributed by atoms with Gasteiger partial charge in [0.25, 0.3) is 5.91 Å². The molecule has 1 aliphatic rings. The number of piperazine rings is 1. The molecule has 0 bridgehead atoms. The molecular weight excluding hydrogens is 402 g/mol. The van der Waals surface area contributed by atoms with E-state index in [1.54, 1.807) is 18.5 Å². The van der Waals surface area contributed by atoms with E-state index in [4.69, 9.17) is 20.8 Å². The summed E-state index contributed by atoms with van der Waals surface area (Å²) >= 11 is 6.24. The Kier molecular flexibility index (Phi) is 6.35. The van der Waals surface area contributed by atoms with Gasteiger partial charge in [0.15, 0.2) is 5.76 Å². The van der Waals surface area contributed by atoms with Crippen molar-refractivity contribution in [2.75, 3.05) is 26.2 Å². The Labute approximate surface area is 181 Å². The molecule has 30 heavy (non-hydrogen) atoms. The van der Waals surface area contributed by atoms with Crippen molar-refractivity contribution in [3.63, 3.8) is 0 Å². The molecule has 1 amide bonds. The maximum atomic E-state index is 12.6. The fourth-order valence-electron chi connectivity index (χ4n) is 3.51. The van der Waals surface area contributed by atoms with E-state index in [0.717, 1.165) is 35.7 Å². The van der Waals surface area contributed by atoms with Gasteiger partial charge in [-0.25, -0.2) is 0 Å². The molecule has 1 fully saturated rings. The van der Waals surface area contributed by atoms with E-state index in [0.29, 0.717) is 37.0 Å². The highest BCUT2D eigenvalue weighted by atomic mass is 35.5. The first-order chi connectivity index (χ1) is 14.6. The van der Waals surface area contributed by atoms with Gasteiger partial charge in [0.1, 0.15) is 18.1 Å². The van der Waals surface area contributed by atoms with Crippen LogP contribution in [0.5, 0.6) is 5.75 Å². The molecule has 1 saturated heterocycles. The van der Waals surface area contributed by atoms with Crippen LogP contribution in [0.15, 0.2) is 59.3 Å². The van der Waals surface area contributed by atoms with Gasteiger partial charge in [-0.2, -0.15) is 0 Å². The summed E-state index contributed by atoms with van der Waals surface area (Å²) in [4.78, 5) is 20.8. The summed E-state index contributed by atoms with van der Waals surface area (Å²) in [6.07, 6.45) is 3.54. The summed E-state index contributed by atoms with van der Waals surface area (Å²) in [6.45, 7) is 5.88. The van der Waals surface area contributed by atoms with E-state index in [1.807, 2.05) is 48.2 Å². The van der Waals surface area contributed by atoms with Crippen LogP contribution >= 0.6 is 11.6 Å². The third-order valence-corrected chi connectivity index (χ3v) is 5.38. The first-order valence-corrected chi connectivity index (χ1v) is 10.3. The number of amides is 1. The van der Waals surface area contributed by atoms with E-state index >= 15 is 0 Å². The Hall–Kier alpha value is -2.83. The molecule has 6 nitrogen and oxygen atoms in total. The number of furan rings is 1. The number of ether oxygens (including phenoxy) is 1. The topological polar surface area (TPSA) is 58.8 Å². The maximum absolute atomic E-state index is 12.6. The number of benzene rings is 1. The first-order valence-electron chi connectivity index (χ1n) is 9.97. The normalized spacial score (nSPS) is 14.7. The van der Waals surface area contributed by atoms with Gasteiger partial charge in [0.05, 0.1) is 0 Å². The van der Waals surface area contributed by atoms with Gasteiger partial charge in [-0.15, -0.1) is 0 Å². The summed E-state index contributed by atoms with van der Waals surface area (Å²) in [7, 11) is 0. The third-order valence-electron chi connectivity index (χ3n) is 5.14. The number of aromatic nitrogens is 1. The molecule has 2 aromatic heterocycles. The fraction of sp³-hybridized carbons (Fsp3) is 0.304. The second-order valence-electron chi connectivity index (χ2n) is 7.38. The Balaban J connectivity index is 1.36. The van der Waals surface area contributed by atoms with Gasteiger partial charge in [-0.3, -0.25) is 14.7 Å². The molecule has 0 saturated carbocycles. The highest BCUT2D eigenvalue weighted by molar-refractivity contribution is 6.30. The van der Waals surface area contributed by atoms with Crippen molar-refractivity contribution in [3.8, 4) is 5.75 Å². The van der Waals surface area contributed by atoms with Crippen LogP contribution in [0, 0.1) is 6.92 Å². The summed E-state index contributed by atoms with van der Waals surface area (Å²) in [5.41, 5.74) is 2.05. The van der Waals surface area contributed by atoms with E-state index in [9.17, 15) is 4.79 Å². The zero-order valence-electron chi connectivity index (χ0n) is 16.9. The monoisotopic (exact) mass is 425 g/mol. The number of carbonyl (C=O) groups is 1. The molecule has 4 rings (SSSR count). The third kappa shape index (κ3) is 5.01. The molecule has 1 aliphatic heterocycles. The van der Waals surface area contributed by atoms with Gasteiger partial charge in [-0.1, -0.05) is 17.7 Å². The second-order valence-corrected chi connectivity index (χ2v) is 7.82. The highest BCUT2D eigenvalue weighted by Crippen LogP contribution is 2.26. The van der Waals surface area contributed by atoms with Crippen molar-refractivity contribution >= 4 is 17.5 Å². The van der Waals surface area contributed by atoms with Crippen LogP contribution in [-0.4, -0.2) is 46.9 Å². The SMILES string of the molecule is Cc1ccc(C(=O)N2CCN(Cc3cc(Cl)ccc3OCc3cccnc3)CC2)o1. The molecule has 0 spiro atoms. The Morgan fingerprint density at radius 3 is 2.70 bits per heavy atom. The second kappa shape index (κ2) is 9.32. The predicted octanol–water partition coefficient (Wildman–Crippen LogP) is 4.17. The highest BCUT2D eigenvalue weighted by Gasteiger charge is 2.24. The minimum Gasteiger partial charge on any atom is -0.489 e. The van der Waals surface area contributed by atoms with Crippen molar-refractivity contribution in [1.29, 1.82) is 0 Å². The van der Waals surface area contributed by atoms with Crippen molar-refractivity contribution in [2.24, 2.45) is 0 Å². The van der Waals surface area contributed by atoms with E-state index in [2.05, 4.69) is 9.88 Å². The van der Waals surface area contributed by atoms with E-state index in [-0.39, 0.29) is 5.91 Å². The van der Waals surface area contributed by atoms with Crippen LogP contribution in [0.4, 0.5) is 0 Å². The molecule has 0 radical (unpaired) electrons. The lowest BCUT2D eigenvalue weighted by Crippen LogP contribution is -2.48. The summed E-state index contributed by atoms with van der Waals surface area (Å²) < 4.78 is 11.5. The Bertz CT molecular complexity index is 998. The van der Waals surface area contributed by atoms with Crippen molar-refractivity contribution in [2.45, 2.75) is 20.1 Å². The van der Waals surface area contributed by atoms with Gasteiger partial charge >= 0.3 is 0 Å². The number of hydrogen-bond acceptors (Lipinski definition) is 5. The molecule has 156 valence electrons. The van der Waals surface area contributed by atoms with Crippen molar-refractivity contribution < 1.29 is 13.9 Å². The number of rotatable bonds is 6. The predicted molar refractivity (Wildman–Crippen MR) is 115 cm³/mol. The zero-order chi connectivity index (χ0) is 20.9. The minimum absolute atomic E-state index is 0.0500. The molecule has 3 aromatic rings. The number of pyridine rings is 1. The lowest BCUT2D eigenvalue weighted by Gasteiger charge is -2.34. The summed E-state index contributed by atoms with van der Waals surface area (Å²) in [5, 5.41) is 0.681. The zero-order valence-corrected chi connectivity index (χ0v) is 17.6. The average Bonchev–Trinajstić information content (AvgIpc) is 3.20. The number of aryl methyl sites for hydroxylation is 1. The number of halogens is 1. The maximum Gasteiger partial charge on any atom is 0.289 e. The molecule has 0 aliphatic carbocycles. The summed E-state index contributed by atoms with van der Waals surface area (Å²) in [5.74, 6) is 1.91. The van der Waals surface area contributed by atoms with Crippen LogP contribution in [0.2, 0.25) is 5.02 Å². The first kappa shape index (κ1) is 20.4. The Morgan fingerprint density at radius 1 is 1.17 bits per heavy atom. The molecule has 7 heteroatoms. The van der Waals surface area contributed by atoms with Crippen LogP contribution in [-0.2, 0) is 13.2 Å². The van der Waals surface area contributed by atoms with Crippen LogP contribution in [0.1, 0.15) is 27.4 Å². The largest absolute Gasteiger partial charge is 0.489 e. The minimum atomic E-state index is -0.0500. The molecule has 3 heterocycles. The smallest absolute Gasteiger partial charge is 0.289 e. The number of hydrogen-bond donors (Lipinski definition) is 0. The van der Waals surface area contributed by atoms with Crippen LogP contribution in [0.25, 0.3) is 0 Å². The van der Waals surface area contributed by atoms with E-state index in [1.165, 1.54) is 0 Å².